The zero-order valence-corrected chi connectivity index (χ0v) is 19.9. The van der Waals surface area contributed by atoms with Crippen molar-refractivity contribution in [2.75, 3.05) is 29.6 Å². The Balaban J connectivity index is 0.00000324. The molecule has 12 nitrogen and oxygen atoms in total. The first kappa shape index (κ1) is 27.4. The van der Waals surface area contributed by atoms with Crippen molar-refractivity contribution in [1.82, 2.24) is 25.1 Å². The SMILES string of the molecule is CC(=O)N(c1cccs1)C1C(=O)N2CC(CSc3nnnn3CC(O)CO)(C(=O)O)CS[C@H]12.[NaH]. The third-order valence-electron chi connectivity index (χ3n) is 5.50. The van der Waals surface area contributed by atoms with Gasteiger partial charge in [-0.1, -0.05) is 11.8 Å². The summed E-state index contributed by atoms with van der Waals surface area (Å²) in [6.07, 6.45) is -1.05. The van der Waals surface area contributed by atoms with Gasteiger partial charge in [0.05, 0.1) is 24.3 Å². The molecule has 2 aromatic heterocycles. The number of hydrogen-bond acceptors (Lipinski definition) is 11. The number of aromatic nitrogens is 4. The van der Waals surface area contributed by atoms with Crippen molar-refractivity contribution in [1.29, 1.82) is 0 Å². The van der Waals surface area contributed by atoms with Crippen LogP contribution in [0.25, 0.3) is 0 Å². The van der Waals surface area contributed by atoms with Crippen molar-refractivity contribution in [2.45, 2.75) is 36.1 Å². The number of carboxylic acid groups (broad SMARTS) is 1. The molecule has 2 aliphatic rings. The molecule has 2 saturated heterocycles. The molecule has 3 N–H and O–H groups in total. The van der Waals surface area contributed by atoms with Crippen LogP contribution in [0, 0.1) is 5.41 Å². The fourth-order valence-corrected chi connectivity index (χ4v) is 7.36. The Morgan fingerprint density at radius 1 is 1.44 bits per heavy atom. The number of aliphatic hydroxyl groups excluding tert-OH is 2. The number of thioether (sulfide) groups is 2. The van der Waals surface area contributed by atoms with Gasteiger partial charge >= 0.3 is 35.5 Å². The summed E-state index contributed by atoms with van der Waals surface area (Å²) in [6, 6.07) is 2.94. The van der Waals surface area contributed by atoms with Crippen LogP contribution in [0.2, 0.25) is 0 Å². The number of rotatable bonds is 9. The maximum atomic E-state index is 13.0. The van der Waals surface area contributed by atoms with Crippen molar-refractivity contribution in [2.24, 2.45) is 5.41 Å². The Morgan fingerprint density at radius 3 is 2.82 bits per heavy atom. The van der Waals surface area contributed by atoms with Gasteiger partial charge in [0, 0.05) is 25.0 Å². The summed E-state index contributed by atoms with van der Waals surface area (Å²) in [5.74, 6) is -1.20. The number of anilines is 1. The molecule has 0 aliphatic carbocycles. The van der Waals surface area contributed by atoms with E-state index in [-0.39, 0.29) is 71.3 Å². The van der Waals surface area contributed by atoms with E-state index in [1.807, 2.05) is 11.4 Å². The second-order valence-electron chi connectivity index (χ2n) is 7.81. The number of aliphatic hydroxyl groups is 2. The first-order chi connectivity index (χ1) is 15.8. The average Bonchev–Trinajstić information content (AvgIpc) is 3.47. The van der Waals surface area contributed by atoms with Crippen LogP contribution in [0.15, 0.2) is 22.7 Å². The van der Waals surface area contributed by atoms with Gasteiger partial charge in [-0.2, -0.15) is 0 Å². The molecule has 4 rings (SSSR count). The Labute approximate surface area is 229 Å². The normalized spacial score (nSPS) is 24.6. The molecule has 0 bridgehead atoms. The number of thiophene rings is 1. The van der Waals surface area contributed by atoms with Crippen molar-refractivity contribution in [3.63, 3.8) is 0 Å². The number of hydrogen-bond donors (Lipinski definition) is 3. The molecule has 0 aromatic carbocycles. The second-order valence-corrected chi connectivity index (χ2v) is 10.8. The number of tetrazole rings is 1. The van der Waals surface area contributed by atoms with E-state index in [0.717, 1.165) is 11.8 Å². The predicted molar refractivity (Wildman–Crippen MR) is 128 cm³/mol. The van der Waals surface area contributed by atoms with Gasteiger partial charge in [0.15, 0.2) is 0 Å². The Bertz CT molecular complexity index is 1040. The van der Waals surface area contributed by atoms with Crippen LogP contribution in [-0.2, 0) is 20.9 Å². The number of nitrogens with zero attached hydrogens (tertiary/aromatic N) is 6. The molecular weight excluding hydrogens is 515 g/mol. The number of aliphatic carboxylic acids is 1. The topological polar surface area (TPSA) is 162 Å². The number of fused-ring (bicyclic) bond motifs is 1. The summed E-state index contributed by atoms with van der Waals surface area (Å²) < 4.78 is 1.30. The minimum atomic E-state index is -1.23. The maximum absolute atomic E-state index is 13.0. The summed E-state index contributed by atoms with van der Waals surface area (Å²) in [5.41, 5.74) is -1.23. The number of carbonyl (C=O) groups excluding carboxylic acids is 2. The zero-order valence-electron chi connectivity index (χ0n) is 17.5. The van der Waals surface area contributed by atoms with Crippen molar-refractivity contribution in [3.8, 4) is 0 Å². The third kappa shape index (κ3) is 5.16. The third-order valence-corrected chi connectivity index (χ3v) is 9.19. The van der Waals surface area contributed by atoms with Crippen molar-refractivity contribution in [3.05, 3.63) is 17.5 Å². The molecule has 2 aromatic rings. The van der Waals surface area contributed by atoms with Crippen molar-refractivity contribution >= 4 is 87.2 Å². The van der Waals surface area contributed by atoms with Gasteiger partial charge < -0.3 is 20.2 Å². The second kappa shape index (κ2) is 11.2. The molecule has 2 aliphatic heterocycles. The van der Waals surface area contributed by atoms with E-state index in [0.29, 0.717) is 10.2 Å². The van der Waals surface area contributed by atoms with Gasteiger partial charge in [-0.15, -0.1) is 28.2 Å². The molecule has 2 amide bonds. The molecule has 4 atom stereocenters. The minimum absolute atomic E-state index is 0. The fraction of sp³-hybridized carbons (Fsp3) is 0.556. The fourth-order valence-electron chi connectivity index (χ4n) is 3.76. The summed E-state index contributed by atoms with van der Waals surface area (Å²) in [6.45, 7) is 0.944. The first-order valence-corrected chi connectivity index (χ1v) is 12.9. The molecular formula is C18H23N6NaO6S3. The summed E-state index contributed by atoms with van der Waals surface area (Å²) in [4.78, 5) is 40.6. The molecule has 16 heteroatoms. The van der Waals surface area contributed by atoms with E-state index in [4.69, 9.17) is 5.11 Å². The molecule has 0 saturated carbocycles. The van der Waals surface area contributed by atoms with E-state index in [2.05, 4.69) is 15.5 Å². The van der Waals surface area contributed by atoms with Crippen molar-refractivity contribution < 1.29 is 29.7 Å². The first-order valence-electron chi connectivity index (χ1n) is 9.94. The standard InChI is InChI=1S/C18H22N6O6S3.Na.H/c1-10(26)24(12-3-2-4-31-12)13-14(28)22-7-18(16(29)30,8-32-15(13)22)9-33-17-19-20-21-23(17)5-11(27)6-25;;/h2-4,11,13,15,25,27H,5-9H2,1H3,(H,29,30);;/t11?,13?,15-,18?;;/m1../s1. The van der Waals surface area contributed by atoms with Gasteiger partial charge in [0.2, 0.25) is 17.0 Å². The van der Waals surface area contributed by atoms with Gasteiger partial charge in [-0.25, -0.2) is 4.68 Å². The predicted octanol–water partition coefficient (Wildman–Crippen LogP) is -1.06. The summed E-state index contributed by atoms with van der Waals surface area (Å²) >= 11 is 3.84. The summed E-state index contributed by atoms with van der Waals surface area (Å²) in [5, 5.41) is 42.4. The van der Waals surface area contributed by atoms with Crippen LogP contribution in [0.3, 0.4) is 0 Å². The van der Waals surface area contributed by atoms with Crippen LogP contribution in [0.4, 0.5) is 5.00 Å². The molecule has 3 unspecified atom stereocenters. The Morgan fingerprint density at radius 2 is 2.21 bits per heavy atom. The molecule has 4 heterocycles. The van der Waals surface area contributed by atoms with Gasteiger partial charge in [-0.3, -0.25) is 19.3 Å². The number of β-lactam (4-membered cyclic amide) rings is 1. The van der Waals surface area contributed by atoms with Gasteiger partial charge in [0.25, 0.3) is 0 Å². The number of amides is 2. The Hall–Kier alpha value is -1.20. The van der Waals surface area contributed by atoms with Gasteiger partial charge in [0.1, 0.15) is 16.8 Å². The van der Waals surface area contributed by atoms with Crippen LogP contribution >= 0.6 is 34.9 Å². The molecule has 0 radical (unpaired) electrons. The molecule has 2 fully saturated rings. The molecule has 34 heavy (non-hydrogen) atoms. The van der Waals surface area contributed by atoms with E-state index >= 15 is 0 Å². The van der Waals surface area contributed by atoms with Crippen LogP contribution < -0.4 is 4.90 Å². The van der Waals surface area contributed by atoms with Crippen LogP contribution in [0.5, 0.6) is 0 Å². The number of carboxylic acids is 1. The van der Waals surface area contributed by atoms with Crippen LogP contribution in [-0.4, -0.2) is 130 Å². The average molecular weight is 539 g/mol. The monoisotopic (exact) mass is 538 g/mol. The number of carbonyl (C=O) groups is 3. The summed E-state index contributed by atoms with van der Waals surface area (Å²) in [7, 11) is 0. The molecule has 180 valence electrons. The van der Waals surface area contributed by atoms with E-state index in [9.17, 15) is 24.6 Å². The Kier molecular flexibility index (Phi) is 9.06. The quantitative estimate of drug-likeness (QED) is 0.203. The van der Waals surface area contributed by atoms with E-state index in [1.165, 1.54) is 44.5 Å². The van der Waals surface area contributed by atoms with Crippen LogP contribution in [0.1, 0.15) is 6.92 Å². The van der Waals surface area contributed by atoms with E-state index in [1.54, 1.807) is 6.07 Å². The van der Waals surface area contributed by atoms with Gasteiger partial charge in [-0.05, 0) is 27.9 Å². The molecule has 0 spiro atoms. The van der Waals surface area contributed by atoms with E-state index < -0.39 is 30.1 Å². The zero-order chi connectivity index (χ0) is 23.8.